The molecule has 0 saturated heterocycles. The van der Waals surface area contributed by atoms with Crippen molar-refractivity contribution in [1.29, 1.82) is 0 Å². The number of nitrogens with one attached hydrogen (secondary N) is 1. The molecule has 1 aromatic carbocycles. The number of rotatable bonds is 6. The van der Waals surface area contributed by atoms with Crippen LogP contribution in [-0.4, -0.2) is 18.9 Å². The first-order valence-corrected chi connectivity index (χ1v) is 6.56. The average molecular weight is 231 g/mol. The maximum absolute atomic E-state index is 10.8. The molecule has 0 amide bonds. The molecule has 0 unspecified atom stereocenters. The SMILES string of the molecule is CC(=O)CCNCCc1ccc2c(c1)CCC2. The predicted molar refractivity (Wildman–Crippen MR) is 70.3 cm³/mol. The van der Waals surface area contributed by atoms with E-state index in [1.165, 1.54) is 24.8 Å². The van der Waals surface area contributed by atoms with Gasteiger partial charge in [-0.05, 0) is 55.8 Å². The Morgan fingerprint density at radius 1 is 1.24 bits per heavy atom. The van der Waals surface area contributed by atoms with E-state index in [4.69, 9.17) is 0 Å². The number of hydrogen-bond donors (Lipinski definition) is 1. The Bertz CT molecular complexity index is 398. The number of Topliss-reactive ketones (excluding diaryl/α,β-unsaturated/α-hetero) is 1. The lowest BCUT2D eigenvalue weighted by molar-refractivity contribution is -0.116. The minimum atomic E-state index is 0.259. The van der Waals surface area contributed by atoms with Crippen LogP contribution in [0.5, 0.6) is 0 Å². The summed E-state index contributed by atoms with van der Waals surface area (Å²) in [7, 11) is 0. The summed E-state index contributed by atoms with van der Waals surface area (Å²) in [6, 6.07) is 6.89. The molecule has 2 nitrogen and oxygen atoms in total. The molecule has 1 aliphatic carbocycles. The minimum absolute atomic E-state index is 0.259. The number of carbonyl (C=O) groups excluding carboxylic acids is 1. The van der Waals surface area contributed by atoms with Crippen molar-refractivity contribution in [3.05, 3.63) is 34.9 Å². The van der Waals surface area contributed by atoms with Gasteiger partial charge < -0.3 is 5.32 Å². The van der Waals surface area contributed by atoms with Gasteiger partial charge in [0.05, 0.1) is 0 Å². The predicted octanol–water partition coefficient (Wildman–Crippen LogP) is 2.29. The highest BCUT2D eigenvalue weighted by Crippen LogP contribution is 2.22. The molecular weight excluding hydrogens is 210 g/mol. The van der Waals surface area contributed by atoms with Crippen LogP contribution in [0.1, 0.15) is 36.5 Å². The van der Waals surface area contributed by atoms with Crippen LogP contribution in [0.25, 0.3) is 0 Å². The molecule has 0 spiro atoms. The molecular formula is C15H21NO. The van der Waals surface area contributed by atoms with Crippen molar-refractivity contribution in [2.75, 3.05) is 13.1 Å². The van der Waals surface area contributed by atoms with Gasteiger partial charge in [-0.15, -0.1) is 0 Å². The van der Waals surface area contributed by atoms with E-state index in [9.17, 15) is 4.79 Å². The Hall–Kier alpha value is -1.15. The summed E-state index contributed by atoms with van der Waals surface area (Å²) >= 11 is 0. The largest absolute Gasteiger partial charge is 0.316 e. The number of carbonyl (C=O) groups is 1. The molecule has 0 aromatic heterocycles. The smallest absolute Gasteiger partial charge is 0.131 e. The molecule has 0 atom stereocenters. The van der Waals surface area contributed by atoms with Crippen molar-refractivity contribution in [3.8, 4) is 0 Å². The molecule has 0 fully saturated rings. The molecule has 2 rings (SSSR count). The summed E-state index contributed by atoms with van der Waals surface area (Å²) in [5, 5.41) is 3.31. The highest BCUT2D eigenvalue weighted by Gasteiger charge is 2.10. The van der Waals surface area contributed by atoms with E-state index in [2.05, 4.69) is 23.5 Å². The molecule has 1 aromatic rings. The summed E-state index contributed by atoms with van der Waals surface area (Å²) in [5.41, 5.74) is 4.51. The van der Waals surface area contributed by atoms with E-state index in [1.807, 2.05) is 0 Å². The van der Waals surface area contributed by atoms with E-state index >= 15 is 0 Å². The molecule has 0 radical (unpaired) electrons. The topological polar surface area (TPSA) is 29.1 Å². The van der Waals surface area contributed by atoms with Gasteiger partial charge in [0, 0.05) is 13.0 Å². The Balaban J connectivity index is 1.74. The zero-order valence-electron chi connectivity index (χ0n) is 10.6. The number of ketones is 1. The normalized spacial score (nSPS) is 13.7. The fraction of sp³-hybridized carbons (Fsp3) is 0.533. The third kappa shape index (κ3) is 3.67. The Kier molecular flexibility index (Phi) is 4.32. The van der Waals surface area contributed by atoms with Gasteiger partial charge in [-0.2, -0.15) is 0 Å². The van der Waals surface area contributed by atoms with Crippen molar-refractivity contribution < 1.29 is 4.79 Å². The second kappa shape index (κ2) is 5.97. The van der Waals surface area contributed by atoms with E-state index in [0.29, 0.717) is 6.42 Å². The standard InChI is InChI=1S/C15H21NO/c1-12(17)7-9-16-10-8-13-5-6-14-3-2-4-15(14)11-13/h5-6,11,16H,2-4,7-10H2,1H3. The van der Waals surface area contributed by atoms with Crippen molar-refractivity contribution in [2.45, 2.75) is 39.0 Å². The van der Waals surface area contributed by atoms with Crippen LogP contribution in [0.4, 0.5) is 0 Å². The van der Waals surface area contributed by atoms with Gasteiger partial charge in [0.25, 0.3) is 0 Å². The molecule has 17 heavy (non-hydrogen) atoms. The number of hydrogen-bond acceptors (Lipinski definition) is 2. The molecule has 1 aliphatic rings. The van der Waals surface area contributed by atoms with Crippen molar-refractivity contribution in [1.82, 2.24) is 5.32 Å². The van der Waals surface area contributed by atoms with Gasteiger partial charge in [0.1, 0.15) is 5.78 Å². The molecule has 92 valence electrons. The average Bonchev–Trinajstić information content (AvgIpc) is 2.75. The van der Waals surface area contributed by atoms with Gasteiger partial charge in [-0.25, -0.2) is 0 Å². The highest BCUT2D eigenvalue weighted by atomic mass is 16.1. The molecule has 0 bridgehead atoms. The summed E-state index contributed by atoms with van der Waals surface area (Å²) in [4.78, 5) is 10.8. The Morgan fingerprint density at radius 2 is 2.06 bits per heavy atom. The molecule has 1 N–H and O–H groups in total. The van der Waals surface area contributed by atoms with E-state index in [1.54, 1.807) is 18.1 Å². The van der Waals surface area contributed by atoms with Crippen LogP contribution in [0.2, 0.25) is 0 Å². The lowest BCUT2D eigenvalue weighted by atomic mass is 10.0. The third-order valence-corrected chi connectivity index (χ3v) is 3.41. The van der Waals surface area contributed by atoms with Crippen LogP contribution in [0.15, 0.2) is 18.2 Å². The van der Waals surface area contributed by atoms with E-state index < -0.39 is 0 Å². The Morgan fingerprint density at radius 3 is 2.88 bits per heavy atom. The molecule has 0 heterocycles. The highest BCUT2D eigenvalue weighted by molar-refractivity contribution is 5.75. The van der Waals surface area contributed by atoms with Crippen LogP contribution in [0.3, 0.4) is 0 Å². The lowest BCUT2D eigenvalue weighted by Gasteiger charge is -2.06. The van der Waals surface area contributed by atoms with Crippen molar-refractivity contribution in [3.63, 3.8) is 0 Å². The quantitative estimate of drug-likeness (QED) is 0.761. The minimum Gasteiger partial charge on any atom is -0.316 e. The summed E-state index contributed by atoms with van der Waals surface area (Å²) in [5.74, 6) is 0.259. The van der Waals surface area contributed by atoms with Crippen LogP contribution in [0, 0.1) is 0 Å². The number of aryl methyl sites for hydroxylation is 2. The second-order valence-electron chi connectivity index (χ2n) is 4.91. The van der Waals surface area contributed by atoms with Gasteiger partial charge in [0.2, 0.25) is 0 Å². The maximum atomic E-state index is 10.8. The van der Waals surface area contributed by atoms with Gasteiger partial charge in [-0.1, -0.05) is 18.2 Å². The summed E-state index contributed by atoms with van der Waals surface area (Å²) in [6.45, 7) is 3.41. The monoisotopic (exact) mass is 231 g/mol. The molecule has 2 heteroatoms. The van der Waals surface area contributed by atoms with Crippen LogP contribution < -0.4 is 5.32 Å². The van der Waals surface area contributed by atoms with Crippen LogP contribution in [-0.2, 0) is 24.1 Å². The fourth-order valence-corrected chi connectivity index (χ4v) is 2.40. The Labute approximate surface area is 103 Å². The van der Waals surface area contributed by atoms with E-state index in [-0.39, 0.29) is 5.78 Å². The zero-order chi connectivity index (χ0) is 12.1. The second-order valence-corrected chi connectivity index (χ2v) is 4.91. The summed E-state index contributed by atoms with van der Waals surface area (Å²) in [6.07, 6.45) is 5.53. The molecule has 0 aliphatic heterocycles. The molecule has 0 saturated carbocycles. The van der Waals surface area contributed by atoms with Gasteiger partial charge >= 0.3 is 0 Å². The van der Waals surface area contributed by atoms with E-state index in [0.717, 1.165) is 19.5 Å². The first-order valence-electron chi connectivity index (χ1n) is 6.56. The number of fused-ring (bicyclic) bond motifs is 1. The summed E-state index contributed by atoms with van der Waals surface area (Å²) < 4.78 is 0. The lowest BCUT2D eigenvalue weighted by Crippen LogP contribution is -2.20. The maximum Gasteiger partial charge on any atom is 0.131 e. The zero-order valence-corrected chi connectivity index (χ0v) is 10.6. The van der Waals surface area contributed by atoms with Crippen molar-refractivity contribution in [2.24, 2.45) is 0 Å². The van der Waals surface area contributed by atoms with Crippen molar-refractivity contribution >= 4 is 5.78 Å². The first-order chi connectivity index (χ1) is 8.25. The van der Waals surface area contributed by atoms with Gasteiger partial charge in [-0.3, -0.25) is 4.79 Å². The van der Waals surface area contributed by atoms with Crippen LogP contribution >= 0.6 is 0 Å². The third-order valence-electron chi connectivity index (χ3n) is 3.41. The van der Waals surface area contributed by atoms with Gasteiger partial charge in [0.15, 0.2) is 0 Å². The first kappa shape index (κ1) is 12.3. The fourth-order valence-electron chi connectivity index (χ4n) is 2.40. The number of benzene rings is 1.